The van der Waals surface area contributed by atoms with E-state index in [2.05, 4.69) is 19.2 Å². The Bertz CT molecular complexity index is 190. The molecule has 0 radical (unpaired) electrons. The molecule has 0 amide bonds. The van der Waals surface area contributed by atoms with Crippen molar-refractivity contribution in [3.63, 3.8) is 0 Å². The van der Waals surface area contributed by atoms with Crippen LogP contribution < -0.4 is 5.32 Å². The fourth-order valence-electron chi connectivity index (χ4n) is 1.23. The zero-order valence-corrected chi connectivity index (χ0v) is 7.84. The van der Waals surface area contributed by atoms with Crippen LogP contribution in [0.3, 0.4) is 0 Å². The highest BCUT2D eigenvalue weighted by molar-refractivity contribution is 5.04. The Hall–Kier alpha value is -0.760. The third-order valence-corrected chi connectivity index (χ3v) is 2.16. The molecule has 68 valence electrons. The van der Waals surface area contributed by atoms with E-state index in [1.54, 1.807) is 12.5 Å². The Morgan fingerprint density at radius 1 is 1.42 bits per heavy atom. The first kappa shape index (κ1) is 9.33. The molecule has 0 aliphatic carbocycles. The third-order valence-electron chi connectivity index (χ3n) is 2.16. The molecule has 0 fully saturated rings. The zero-order chi connectivity index (χ0) is 8.81. The molecule has 1 N–H and O–H groups in total. The topological polar surface area (TPSA) is 25.2 Å². The van der Waals surface area contributed by atoms with Crippen LogP contribution in [-0.2, 0) is 6.54 Å². The predicted molar refractivity (Wildman–Crippen MR) is 49.9 cm³/mol. The summed E-state index contributed by atoms with van der Waals surface area (Å²) in [5.41, 5.74) is 1.22. The monoisotopic (exact) mass is 167 g/mol. The third kappa shape index (κ3) is 2.70. The second-order valence-electron chi connectivity index (χ2n) is 3.03. The lowest BCUT2D eigenvalue weighted by Gasteiger charge is -2.13. The number of nitrogens with one attached hydrogen (secondary N) is 1. The van der Waals surface area contributed by atoms with Crippen molar-refractivity contribution in [2.45, 2.75) is 39.3 Å². The van der Waals surface area contributed by atoms with E-state index in [-0.39, 0.29) is 0 Å². The van der Waals surface area contributed by atoms with Crippen LogP contribution in [0, 0.1) is 0 Å². The van der Waals surface area contributed by atoms with Crippen molar-refractivity contribution < 1.29 is 4.42 Å². The van der Waals surface area contributed by atoms with Gasteiger partial charge in [-0.3, -0.25) is 0 Å². The number of hydrogen-bond acceptors (Lipinski definition) is 2. The average Bonchev–Trinajstić information content (AvgIpc) is 2.59. The van der Waals surface area contributed by atoms with Crippen molar-refractivity contribution in [2.75, 3.05) is 0 Å². The summed E-state index contributed by atoms with van der Waals surface area (Å²) in [7, 11) is 0. The van der Waals surface area contributed by atoms with Gasteiger partial charge in [0.25, 0.3) is 0 Å². The summed E-state index contributed by atoms with van der Waals surface area (Å²) in [5, 5.41) is 3.46. The lowest BCUT2D eigenvalue weighted by molar-refractivity contribution is 0.481. The van der Waals surface area contributed by atoms with Crippen molar-refractivity contribution in [3.05, 3.63) is 24.2 Å². The van der Waals surface area contributed by atoms with Crippen LogP contribution in [-0.4, -0.2) is 6.04 Å². The van der Waals surface area contributed by atoms with Gasteiger partial charge in [-0.1, -0.05) is 13.8 Å². The number of furan rings is 1. The molecule has 1 rings (SSSR count). The van der Waals surface area contributed by atoms with Gasteiger partial charge in [-0.25, -0.2) is 0 Å². The van der Waals surface area contributed by atoms with E-state index >= 15 is 0 Å². The first-order valence-electron chi connectivity index (χ1n) is 4.61. The summed E-state index contributed by atoms with van der Waals surface area (Å²) >= 11 is 0. The SMILES string of the molecule is CCC(CC)NCc1ccoc1. The first-order chi connectivity index (χ1) is 5.86. The van der Waals surface area contributed by atoms with Crippen LogP contribution in [0.15, 0.2) is 23.0 Å². The Balaban J connectivity index is 2.25. The Morgan fingerprint density at radius 2 is 2.17 bits per heavy atom. The van der Waals surface area contributed by atoms with Gasteiger partial charge in [-0.2, -0.15) is 0 Å². The van der Waals surface area contributed by atoms with Gasteiger partial charge in [0.05, 0.1) is 12.5 Å². The molecular formula is C10H17NO. The summed E-state index contributed by atoms with van der Waals surface area (Å²) < 4.78 is 4.97. The Labute approximate surface area is 74.0 Å². The minimum absolute atomic E-state index is 0.639. The highest BCUT2D eigenvalue weighted by atomic mass is 16.3. The van der Waals surface area contributed by atoms with Crippen LogP contribution in [0.1, 0.15) is 32.3 Å². The first-order valence-corrected chi connectivity index (χ1v) is 4.61. The van der Waals surface area contributed by atoms with Crippen molar-refractivity contribution in [2.24, 2.45) is 0 Å². The van der Waals surface area contributed by atoms with Crippen molar-refractivity contribution >= 4 is 0 Å². The fourth-order valence-corrected chi connectivity index (χ4v) is 1.23. The zero-order valence-electron chi connectivity index (χ0n) is 7.84. The molecule has 0 spiro atoms. The summed E-state index contributed by atoms with van der Waals surface area (Å²) in [4.78, 5) is 0. The second kappa shape index (κ2) is 4.99. The minimum atomic E-state index is 0.639. The van der Waals surface area contributed by atoms with E-state index < -0.39 is 0 Å². The molecule has 1 aromatic heterocycles. The lowest BCUT2D eigenvalue weighted by atomic mass is 10.1. The molecular weight excluding hydrogens is 150 g/mol. The number of rotatable bonds is 5. The van der Waals surface area contributed by atoms with Gasteiger partial charge in [0.1, 0.15) is 0 Å². The van der Waals surface area contributed by atoms with E-state index in [9.17, 15) is 0 Å². The summed E-state index contributed by atoms with van der Waals surface area (Å²) in [5.74, 6) is 0. The van der Waals surface area contributed by atoms with Crippen molar-refractivity contribution in [1.82, 2.24) is 5.32 Å². The maximum absolute atomic E-state index is 4.97. The molecule has 0 saturated heterocycles. The standard InChI is InChI=1S/C10H17NO/c1-3-10(4-2)11-7-9-5-6-12-8-9/h5-6,8,10-11H,3-4,7H2,1-2H3. The van der Waals surface area contributed by atoms with E-state index in [1.165, 1.54) is 18.4 Å². The molecule has 1 aromatic rings. The van der Waals surface area contributed by atoms with Gasteiger partial charge in [-0.15, -0.1) is 0 Å². The maximum Gasteiger partial charge on any atom is 0.0947 e. The quantitative estimate of drug-likeness (QED) is 0.729. The van der Waals surface area contributed by atoms with Crippen LogP contribution >= 0.6 is 0 Å². The Kier molecular flexibility index (Phi) is 3.88. The van der Waals surface area contributed by atoms with E-state index in [0.717, 1.165) is 6.54 Å². The minimum Gasteiger partial charge on any atom is -0.472 e. The van der Waals surface area contributed by atoms with Gasteiger partial charge in [0.15, 0.2) is 0 Å². The van der Waals surface area contributed by atoms with Crippen LogP contribution in [0.2, 0.25) is 0 Å². The van der Waals surface area contributed by atoms with Gasteiger partial charge >= 0.3 is 0 Å². The van der Waals surface area contributed by atoms with Gasteiger partial charge in [0.2, 0.25) is 0 Å². The van der Waals surface area contributed by atoms with Crippen LogP contribution in [0.4, 0.5) is 0 Å². The normalized spacial score (nSPS) is 10.9. The number of hydrogen-bond donors (Lipinski definition) is 1. The van der Waals surface area contributed by atoms with Gasteiger partial charge in [-0.05, 0) is 18.9 Å². The molecule has 0 aliphatic rings. The van der Waals surface area contributed by atoms with Crippen molar-refractivity contribution in [3.8, 4) is 0 Å². The molecule has 0 aromatic carbocycles. The molecule has 0 saturated carbocycles. The van der Waals surface area contributed by atoms with E-state index in [1.807, 2.05) is 6.07 Å². The lowest BCUT2D eigenvalue weighted by Crippen LogP contribution is -2.26. The maximum atomic E-state index is 4.97. The molecule has 12 heavy (non-hydrogen) atoms. The van der Waals surface area contributed by atoms with Gasteiger partial charge < -0.3 is 9.73 Å². The molecule has 0 atom stereocenters. The van der Waals surface area contributed by atoms with E-state index in [4.69, 9.17) is 4.42 Å². The van der Waals surface area contributed by atoms with Crippen LogP contribution in [0.25, 0.3) is 0 Å². The summed E-state index contributed by atoms with van der Waals surface area (Å²) in [6.45, 7) is 5.33. The molecule has 1 heterocycles. The predicted octanol–water partition coefficient (Wildman–Crippen LogP) is 2.56. The smallest absolute Gasteiger partial charge is 0.0947 e. The average molecular weight is 167 g/mol. The Morgan fingerprint density at radius 3 is 2.67 bits per heavy atom. The highest BCUT2D eigenvalue weighted by Gasteiger charge is 2.01. The molecule has 0 unspecified atom stereocenters. The van der Waals surface area contributed by atoms with E-state index in [0.29, 0.717) is 6.04 Å². The summed E-state index contributed by atoms with van der Waals surface area (Å²) in [6.07, 6.45) is 5.88. The molecule has 0 aliphatic heterocycles. The second-order valence-corrected chi connectivity index (χ2v) is 3.03. The largest absolute Gasteiger partial charge is 0.472 e. The molecule has 2 heteroatoms. The van der Waals surface area contributed by atoms with Gasteiger partial charge in [0, 0.05) is 18.2 Å². The molecule has 0 bridgehead atoms. The van der Waals surface area contributed by atoms with Crippen LogP contribution in [0.5, 0.6) is 0 Å². The van der Waals surface area contributed by atoms with Crippen molar-refractivity contribution in [1.29, 1.82) is 0 Å². The summed E-state index contributed by atoms with van der Waals surface area (Å²) in [6, 6.07) is 2.63. The molecule has 2 nitrogen and oxygen atoms in total. The fraction of sp³-hybridized carbons (Fsp3) is 0.600. The highest BCUT2D eigenvalue weighted by Crippen LogP contribution is 2.02.